The van der Waals surface area contributed by atoms with Crippen molar-refractivity contribution in [2.24, 2.45) is 5.73 Å². The van der Waals surface area contributed by atoms with Crippen molar-refractivity contribution in [1.82, 2.24) is 9.80 Å². The molecule has 20 heavy (non-hydrogen) atoms. The number of piperazine rings is 1. The van der Waals surface area contributed by atoms with Crippen LogP contribution in [-0.2, 0) is 0 Å². The van der Waals surface area contributed by atoms with Gasteiger partial charge in [-0.2, -0.15) is 0 Å². The van der Waals surface area contributed by atoms with E-state index < -0.39 is 5.82 Å². The van der Waals surface area contributed by atoms with Gasteiger partial charge in [-0.25, -0.2) is 9.18 Å². The van der Waals surface area contributed by atoms with E-state index >= 15 is 0 Å². The van der Waals surface area contributed by atoms with Crippen LogP contribution in [0.4, 0.5) is 14.9 Å². The number of urea groups is 1. The van der Waals surface area contributed by atoms with E-state index in [2.05, 4.69) is 17.1 Å². The van der Waals surface area contributed by atoms with Crippen LogP contribution in [0, 0.1) is 5.82 Å². The Morgan fingerprint density at radius 2 is 2.00 bits per heavy atom. The molecule has 0 saturated carbocycles. The molecule has 0 aliphatic carbocycles. The number of hydrogen-bond acceptors (Lipinski definition) is 3. The Balaban J connectivity index is 1.88. The van der Waals surface area contributed by atoms with E-state index in [1.807, 2.05) is 0 Å². The lowest BCUT2D eigenvalue weighted by Gasteiger charge is -2.37. The zero-order chi connectivity index (χ0) is 14.5. The highest BCUT2D eigenvalue weighted by Gasteiger charge is 2.23. The number of carbonyl (C=O) groups excluding carboxylic acids is 1. The minimum absolute atomic E-state index is 0.218. The molecule has 2 amide bonds. The molecule has 6 heteroatoms. The molecule has 2 rings (SSSR count). The Labute approximate surface area is 118 Å². The second-order valence-corrected chi connectivity index (χ2v) is 5.02. The summed E-state index contributed by atoms with van der Waals surface area (Å²) in [6, 6.07) is 6.25. The van der Waals surface area contributed by atoms with Crippen LogP contribution in [0.5, 0.6) is 0 Å². The Morgan fingerprint density at radius 3 is 2.60 bits per heavy atom. The number of para-hydroxylation sites is 1. The van der Waals surface area contributed by atoms with Crippen LogP contribution in [-0.4, -0.2) is 54.6 Å². The fourth-order valence-corrected chi connectivity index (χ4v) is 2.27. The van der Waals surface area contributed by atoms with Crippen LogP contribution in [0.25, 0.3) is 0 Å². The standard InChI is InChI=1S/C14H21FN4O/c1-11(10-16)18-6-8-19(9-7-18)14(20)17-13-5-3-2-4-12(13)15/h2-5,11H,6-10,16H2,1H3,(H,17,20). The van der Waals surface area contributed by atoms with Crippen molar-refractivity contribution in [3.63, 3.8) is 0 Å². The molecular formula is C14H21FN4O. The molecule has 1 fully saturated rings. The number of anilines is 1. The summed E-state index contributed by atoms with van der Waals surface area (Å²) in [5.41, 5.74) is 5.86. The minimum atomic E-state index is -0.420. The average Bonchev–Trinajstić information content (AvgIpc) is 2.49. The summed E-state index contributed by atoms with van der Waals surface area (Å²) in [6.07, 6.45) is 0. The van der Waals surface area contributed by atoms with E-state index in [0.29, 0.717) is 25.7 Å². The van der Waals surface area contributed by atoms with E-state index in [1.54, 1.807) is 23.1 Å². The number of halogens is 1. The predicted molar refractivity (Wildman–Crippen MR) is 77.1 cm³/mol. The Kier molecular flexibility index (Phi) is 4.92. The lowest BCUT2D eigenvalue weighted by Crippen LogP contribution is -2.53. The number of rotatable bonds is 3. The van der Waals surface area contributed by atoms with E-state index in [1.165, 1.54) is 6.07 Å². The molecule has 0 bridgehead atoms. The Hall–Kier alpha value is -1.66. The smallest absolute Gasteiger partial charge is 0.322 e. The van der Waals surface area contributed by atoms with Crippen molar-refractivity contribution < 1.29 is 9.18 Å². The minimum Gasteiger partial charge on any atom is -0.329 e. The molecule has 1 aliphatic heterocycles. The first kappa shape index (κ1) is 14.7. The third kappa shape index (κ3) is 3.46. The lowest BCUT2D eigenvalue weighted by molar-refractivity contribution is 0.122. The summed E-state index contributed by atoms with van der Waals surface area (Å²) in [7, 11) is 0. The molecule has 5 nitrogen and oxygen atoms in total. The largest absolute Gasteiger partial charge is 0.329 e. The normalized spacial score (nSPS) is 17.9. The SMILES string of the molecule is CC(CN)N1CCN(C(=O)Nc2ccccc2F)CC1. The zero-order valence-corrected chi connectivity index (χ0v) is 11.7. The Morgan fingerprint density at radius 1 is 1.35 bits per heavy atom. The topological polar surface area (TPSA) is 61.6 Å². The van der Waals surface area contributed by atoms with Gasteiger partial charge in [0.15, 0.2) is 0 Å². The number of benzene rings is 1. The predicted octanol–water partition coefficient (Wildman–Crippen LogP) is 1.32. The molecule has 0 aromatic heterocycles. The summed E-state index contributed by atoms with van der Waals surface area (Å²) in [5, 5.41) is 2.61. The number of nitrogens with zero attached hydrogens (tertiary/aromatic N) is 2. The third-order valence-electron chi connectivity index (χ3n) is 3.68. The van der Waals surface area contributed by atoms with Gasteiger partial charge < -0.3 is 16.0 Å². The van der Waals surface area contributed by atoms with Crippen molar-refractivity contribution in [2.75, 3.05) is 38.0 Å². The van der Waals surface area contributed by atoms with Crippen LogP contribution in [0.15, 0.2) is 24.3 Å². The molecule has 1 heterocycles. The molecule has 1 aromatic carbocycles. The van der Waals surface area contributed by atoms with E-state index in [4.69, 9.17) is 5.73 Å². The first-order chi connectivity index (χ1) is 9.61. The quantitative estimate of drug-likeness (QED) is 0.878. The first-order valence-corrected chi connectivity index (χ1v) is 6.86. The van der Waals surface area contributed by atoms with Crippen molar-refractivity contribution >= 4 is 11.7 Å². The van der Waals surface area contributed by atoms with Crippen LogP contribution in [0.1, 0.15) is 6.92 Å². The van der Waals surface area contributed by atoms with Crippen molar-refractivity contribution in [3.05, 3.63) is 30.1 Å². The van der Waals surface area contributed by atoms with Gasteiger partial charge in [0, 0.05) is 38.8 Å². The second-order valence-electron chi connectivity index (χ2n) is 5.02. The number of carbonyl (C=O) groups is 1. The van der Waals surface area contributed by atoms with E-state index in [9.17, 15) is 9.18 Å². The zero-order valence-electron chi connectivity index (χ0n) is 11.7. The second kappa shape index (κ2) is 6.67. The van der Waals surface area contributed by atoms with E-state index in [0.717, 1.165) is 13.1 Å². The van der Waals surface area contributed by atoms with Gasteiger partial charge in [-0.3, -0.25) is 4.90 Å². The maximum absolute atomic E-state index is 13.5. The molecule has 1 unspecified atom stereocenters. The monoisotopic (exact) mass is 280 g/mol. The van der Waals surface area contributed by atoms with Crippen molar-refractivity contribution in [1.29, 1.82) is 0 Å². The molecule has 110 valence electrons. The summed E-state index contributed by atoms with van der Waals surface area (Å²) >= 11 is 0. The molecule has 0 spiro atoms. The Bertz CT molecular complexity index is 460. The molecule has 3 N–H and O–H groups in total. The van der Waals surface area contributed by atoms with Gasteiger partial charge in [-0.05, 0) is 19.1 Å². The van der Waals surface area contributed by atoms with Gasteiger partial charge in [-0.15, -0.1) is 0 Å². The number of hydrogen-bond donors (Lipinski definition) is 2. The molecule has 1 saturated heterocycles. The van der Waals surface area contributed by atoms with Crippen LogP contribution in [0.3, 0.4) is 0 Å². The number of nitrogens with one attached hydrogen (secondary N) is 1. The average molecular weight is 280 g/mol. The maximum Gasteiger partial charge on any atom is 0.322 e. The highest BCUT2D eigenvalue weighted by atomic mass is 19.1. The fourth-order valence-electron chi connectivity index (χ4n) is 2.27. The summed E-state index contributed by atoms with van der Waals surface area (Å²) in [6.45, 7) is 5.54. The highest BCUT2D eigenvalue weighted by Crippen LogP contribution is 2.14. The molecular weight excluding hydrogens is 259 g/mol. The maximum atomic E-state index is 13.5. The third-order valence-corrected chi connectivity index (χ3v) is 3.68. The summed E-state index contributed by atoms with van der Waals surface area (Å²) in [5.74, 6) is -0.420. The van der Waals surface area contributed by atoms with Gasteiger partial charge in [0.1, 0.15) is 5.82 Å². The molecule has 1 aromatic rings. The lowest BCUT2D eigenvalue weighted by atomic mass is 10.2. The first-order valence-electron chi connectivity index (χ1n) is 6.86. The van der Waals surface area contributed by atoms with Crippen molar-refractivity contribution in [2.45, 2.75) is 13.0 Å². The molecule has 1 atom stereocenters. The van der Waals surface area contributed by atoms with Crippen LogP contribution < -0.4 is 11.1 Å². The molecule has 0 radical (unpaired) electrons. The molecule has 1 aliphatic rings. The number of amides is 2. The van der Waals surface area contributed by atoms with Crippen molar-refractivity contribution in [3.8, 4) is 0 Å². The van der Waals surface area contributed by atoms with Gasteiger partial charge in [0.05, 0.1) is 5.69 Å². The van der Waals surface area contributed by atoms with Crippen LogP contribution >= 0.6 is 0 Å². The summed E-state index contributed by atoms with van der Waals surface area (Å²) < 4.78 is 13.5. The van der Waals surface area contributed by atoms with E-state index in [-0.39, 0.29) is 11.7 Å². The van der Waals surface area contributed by atoms with Crippen LogP contribution in [0.2, 0.25) is 0 Å². The van der Waals surface area contributed by atoms with Gasteiger partial charge >= 0.3 is 6.03 Å². The van der Waals surface area contributed by atoms with Gasteiger partial charge in [0.2, 0.25) is 0 Å². The number of nitrogens with two attached hydrogens (primary N) is 1. The fraction of sp³-hybridized carbons (Fsp3) is 0.500. The summed E-state index contributed by atoms with van der Waals surface area (Å²) in [4.78, 5) is 16.0. The highest BCUT2D eigenvalue weighted by molar-refractivity contribution is 5.89. The van der Waals surface area contributed by atoms with Gasteiger partial charge in [0.25, 0.3) is 0 Å². The van der Waals surface area contributed by atoms with Gasteiger partial charge in [-0.1, -0.05) is 12.1 Å².